The highest BCUT2D eigenvalue weighted by Gasteiger charge is 2.18. The molecule has 1 aromatic heterocycles. The van der Waals surface area contributed by atoms with E-state index in [1.165, 1.54) is 19.4 Å². The third-order valence-electron chi connectivity index (χ3n) is 2.07. The van der Waals surface area contributed by atoms with Gasteiger partial charge >= 0.3 is 0 Å². The van der Waals surface area contributed by atoms with E-state index in [1.807, 2.05) is 0 Å². The predicted octanol–water partition coefficient (Wildman–Crippen LogP) is -0.975. The van der Waals surface area contributed by atoms with Gasteiger partial charge in [0, 0.05) is 18.3 Å². The Labute approximate surface area is 87.5 Å². The summed E-state index contributed by atoms with van der Waals surface area (Å²) in [7, 11) is 1.45. The monoisotopic (exact) mass is 213 g/mol. The summed E-state index contributed by atoms with van der Waals surface area (Å²) < 4.78 is 4.94. The molecule has 1 rings (SSSR count). The van der Waals surface area contributed by atoms with Crippen molar-refractivity contribution in [2.24, 2.45) is 5.73 Å². The highest BCUT2D eigenvalue weighted by Crippen LogP contribution is 2.24. The van der Waals surface area contributed by atoms with Gasteiger partial charge in [0.25, 0.3) is 0 Å². The number of methoxy groups -OCH3 is 1. The van der Waals surface area contributed by atoms with E-state index in [9.17, 15) is 10.2 Å². The van der Waals surface area contributed by atoms with Crippen LogP contribution in [0.1, 0.15) is 11.7 Å². The number of nitrogens with zero attached hydrogens (tertiary/aromatic N) is 1. The number of ether oxygens (including phenoxy) is 1. The molecule has 0 aliphatic heterocycles. The van der Waals surface area contributed by atoms with Crippen molar-refractivity contribution in [1.29, 1.82) is 0 Å². The molecule has 84 valence electrons. The van der Waals surface area contributed by atoms with Gasteiger partial charge in [-0.2, -0.15) is 0 Å². The molecule has 0 aromatic carbocycles. The molecule has 0 bridgehead atoms. The van der Waals surface area contributed by atoms with Gasteiger partial charge in [0.1, 0.15) is 6.10 Å². The molecule has 6 N–H and O–H groups in total. The zero-order valence-electron chi connectivity index (χ0n) is 8.42. The molecule has 0 saturated heterocycles. The van der Waals surface area contributed by atoms with Crippen LogP contribution in [0, 0.1) is 0 Å². The summed E-state index contributed by atoms with van der Waals surface area (Å²) in [6, 6.07) is 1.52. The lowest BCUT2D eigenvalue weighted by molar-refractivity contribution is 0.0240. The first kappa shape index (κ1) is 11.7. The number of hydrogen-bond donors (Lipinski definition) is 4. The molecular weight excluding hydrogens is 198 g/mol. The van der Waals surface area contributed by atoms with Crippen LogP contribution in [0.15, 0.2) is 12.3 Å². The zero-order chi connectivity index (χ0) is 11.4. The normalized spacial score (nSPS) is 14.7. The second-order valence-electron chi connectivity index (χ2n) is 3.10. The van der Waals surface area contributed by atoms with Crippen LogP contribution in [0.3, 0.4) is 0 Å². The SMILES string of the molecule is COc1cc(C(O)C(O)CN)cnc1N. The fourth-order valence-corrected chi connectivity index (χ4v) is 1.15. The Hall–Kier alpha value is -1.37. The lowest BCUT2D eigenvalue weighted by Gasteiger charge is -2.16. The van der Waals surface area contributed by atoms with Gasteiger partial charge in [-0.05, 0) is 6.07 Å². The Morgan fingerprint density at radius 3 is 2.73 bits per heavy atom. The number of hydrogen-bond acceptors (Lipinski definition) is 6. The Morgan fingerprint density at radius 2 is 2.20 bits per heavy atom. The smallest absolute Gasteiger partial charge is 0.166 e. The molecular formula is C9H15N3O3. The van der Waals surface area contributed by atoms with E-state index in [4.69, 9.17) is 16.2 Å². The average molecular weight is 213 g/mol. The van der Waals surface area contributed by atoms with Gasteiger partial charge in [-0.15, -0.1) is 0 Å². The summed E-state index contributed by atoms with van der Waals surface area (Å²) in [5, 5.41) is 19.0. The maximum atomic E-state index is 9.63. The fourth-order valence-electron chi connectivity index (χ4n) is 1.15. The van der Waals surface area contributed by atoms with Gasteiger partial charge in [-0.1, -0.05) is 0 Å². The van der Waals surface area contributed by atoms with Gasteiger partial charge in [-0.3, -0.25) is 0 Å². The van der Waals surface area contributed by atoms with Crippen LogP contribution in [0.2, 0.25) is 0 Å². The molecule has 6 heteroatoms. The van der Waals surface area contributed by atoms with Crippen LogP contribution in [0.5, 0.6) is 5.75 Å². The summed E-state index contributed by atoms with van der Waals surface area (Å²) in [6.45, 7) is -0.0339. The molecule has 0 saturated carbocycles. The molecule has 1 heterocycles. The number of nitrogen functional groups attached to an aromatic ring is 1. The van der Waals surface area contributed by atoms with E-state index in [0.29, 0.717) is 11.3 Å². The van der Waals surface area contributed by atoms with Crippen molar-refractivity contribution in [3.05, 3.63) is 17.8 Å². The summed E-state index contributed by atoms with van der Waals surface area (Å²) in [5.41, 5.74) is 11.1. The van der Waals surface area contributed by atoms with Crippen molar-refractivity contribution >= 4 is 5.82 Å². The number of aliphatic hydroxyl groups excluding tert-OH is 2. The number of aromatic nitrogens is 1. The van der Waals surface area contributed by atoms with Crippen molar-refractivity contribution in [2.45, 2.75) is 12.2 Å². The predicted molar refractivity (Wildman–Crippen MR) is 55.2 cm³/mol. The summed E-state index contributed by atoms with van der Waals surface area (Å²) in [6.07, 6.45) is -0.737. The van der Waals surface area contributed by atoms with E-state index in [-0.39, 0.29) is 12.4 Å². The molecule has 0 amide bonds. The van der Waals surface area contributed by atoms with Gasteiger partial charge in [0.2, 0.25) is 0 Å². The zero-order valence-corrected chi connectivity index (χ0v) is 8.42. The molecule has 1 aromatic rings. The first-order valence-corrected chi connectivity index (χ1v) is 4.45. The van der Waals surface area contributed by atoms with Gasteiger partial charge in [0.05, 0.1) is 13.2 Å². The van der Waals surface area contributed by atoms with E-state index >= 15 is 0 Å². The third kappa shape index (κ3) is 2.56. The standard InChI is InChI=1S/C9H15N3O3/c1-15-7-2-5(4-12-9(7)11)8(14)6(13)3-10/h2,4,6,8,13-14H,3,10H2,1H3,(H2,11,12). The molecule has 0 radical (unpaired) electrons. The Kier molecular flexibility index (Phi) is 3.84. The second-order valence-corrected chi connectivity index (χ2v) is 3.10. The van der Waals surface area contributed by atoms with E-state index < -0.39 is 12.2 Å². The first-order valence-electron chi connectivity index (χ1n) is 4.45. The van der Waals surface area contributed by atoms with Crippen LogP contribution < -0.4 is 16.2 Å². The van der Waals surface area contributed by atoms with Crippen LogP contribution in [0.4, 0.5) is 5.82 Å². The Bertz CT molecular complexity index is 332. The van der Waals surface area contributed by atoms with Crippen molar-refractivity contribution < 1.29 is 14.9 Å². The van der Waals surface area contributed by atoms with Gasteiger partial charge < -0.3 is 26.4 Å². The summed E-state index contributed by atoms with van der Waals surface area (Å²) in [4.78, 5) is 3.83. The minimum absolute atomic E-state index is 0.0339. The molecule has 0 fully saturated rings. The lowest BCUT2D eigenvalue weighted by Crippen LogP contribution is -2.27. The number of pyridine rings is 1. The van der Waals surface area contributed by atoms with E-state index in [2.05, 4.69) is 4.98 Å². The summed E-state index contributed by atoms with van der Waals surface area (Å²) in [5.74, 6) is 0.589. The van der Waals surface area contributed by atoms with Crippen molar-refractivity contribution in [2.75, 3.05) is 19.4 Å². The number of aliphatic hydroxyl groups is 2. The minimum Gasteiger partial charge on any atom is -0.493 e. The molecule has 2 atom stereocenters. The number of anilines is 1. The average Bonchev–Trinajstić information content (AvgIpc) is 2.27. The maximum Gasteiger partial charge on any atom is 0.166 e. The topological polar surface area (TPSA) is 115 Å². The van der Waals surface area contributed by atoms with Crippen LogP contribution in [0.25, 0.3) is 0 Å². The molecule has 15 heavy (non-hydrogen) atoms. The van der Waals surface area contributed by atoms with Crippen molar-refractivity contribution in [3.63, 3.8) is 0 Å². The molecule has 6 nitrogen and oxygen atoms in total. The van der Waals surface area contributed by atoms with Crippen LogP contribution >= 0.6 is 0 Å². The Balaban J connectivity index is 2.95. The number of nitrogens with two attached hydrogens (primary N) is 2. The third-order valence-corrected chi connectivity index (χ3v) is 2.07. The Morgan fingerprint density at radius 1 is 1.53 bits per heavy atom. The minimum atomic E-state index is -1.09. The highest BCUT2D eigenvalue weighted by molar-refractivity contribution is 5.47. The van der Waals surface area contributed by atoms with Crippen LogP contribution in [-0.4, -0.2) is 35.0 Å². The van der Waals surface area contributed by atoms with Crippen molar-refractivity contribution in [3.8, 4) is 5.75 Å². The number of rotatable bonds is 4. The second kappa shape index (κ2) is 4.92. The molecule has 2 unspecified atom stereocenters. The maximum absolute atomic E-state index is 9.63. The van der Waals surface area contributed by atoms with E-state index in [0.717, 1.165) is 0 Å². The summed E-state index contributed by atoms with van der Waals surface area (Å²) >= 11 is 0. The first-order chi connectivity index (χ1) is 7.10. The quantitative estimate of drug-likeness (QED) is 0.511. The van der Waals surface area contributed by atoms with Crippen LogP contribution in [-0.2, 0) is 0 Å². The molecule has 0 spiro atoms. The molecule has 0 aliphatic rings. The van der Waals surface area contributed by atoms with Crippen molar-refractivity contribution in [1.82, 2.24) is 4.98 Å². The van der Waals surface area contributed by atoms with E-state index in [1.54, 1.807) is 0 Å². The lowest BCUT2D eigenvalue weighted by atomic mass is 10.1. The van der Waals surface area contributed by atoms with Gasteiger partial charge in [-0.25, -0.2) is 4.98 Å². The highest BCUT2D eigenvalue weighted by atomic mass is 16.5. The van der Waals surface area contributed by atoms with Gasteiger partial charge in [0.15, 0.2) is 11.6 Å². The fraction of sp³-hybridized carbons (Fsp3) is 0.444. The largest absolute Gasteiger partial charge is 0.493 e. The molecule has 0 aliphatic carbocycles.